The second kappa shape index (κ2) is 9.09. The van der Waals surface area contributed by atoms with E-state index >= 15 is 0 Å². The van der Waals surface area contributed by atoms with Crippen molar-refractivity contribution in [2.75, 3.05) is 31.2 Å². The molecule has 1 aromatic carbocycles. The third kappa shape index (κ3) is 4.13. The Hall–Kier alpha value is -3.81. The highest BCUT2D eigenvalue weighted by molar-refractivity contribution is 8.00. The Labute approximate surface area is 203 Å². The number of nitrogens with one attached hydrogen (secondary N) is 2. The van der Waals surface area contributed by atoms with E-state index in [1.54, 1.807) is 11.7 Å². The summed E-state index contributed by atoms with van der Waals surface area (Å²) in [5.41, 5.74) is 4.09. The van der Waals surface area contributed by atoms with Crippen molar-refractivity contribution in [3.05, 3.63) is 48.0 Å². The molecule has 5 heterocycles. The summed E-state index contributed by atoms with van der Waals surface area (Å²) in [5, 5.41) is 16.9. The zero-order chi connectivity index (χ0) is 23.8. The Morgan fingerprint density at radius 1 is 1.20 bits per heavy atom. The summed E-state index contributed by atoms with van der Waals surface area (Å²) >= 11 is 1.53. The van der Waals surface area contributed by atoms with Crippen LogP contribution in [0, 0.1) is 0 Å². The highest BCUT2D eigenvalue weighted by Crippen LogP contribution is 2.43. The van der Waals surface area contributed by atoms with Crippen molar-refractivity contribution in [3.8, 4) is 17.4 Å². The molecule has 178 valence electrons. The second-order valence-electron chi connectivity index (χ2n) is 7.95. The summed E-state index contributed by atoms with van der Waals surface area (Å²) in [7, 11) is 0. The first kappa shape index (κ1) is 21.7. The molecule has 1 amide bonds. The van der Waals surface area contributed by atoms with Crippen LogP contribution in [-0.2, 0) is 11.2 Å². The van der Waals surface area contributed by atoms with Gasteiger partial charge >= 0.3 is 6.01 Å². The number of nitrogens with zero attached hydrogens (tertiary/aromatic N) is 6. The van der Waals surface area contributed by atoms with E-state index in [9.17, 15) is 4.79 Å². The van der Waals surface area contributed by atoms with Crippen molar-refractivity contribution >= 4 is 34.4 Å². The molecule has 12 nitrogen and oxygen atoms in total. The lowest BCUT2D eigenvalue weighted by Crippen LogP contribution is -2.37. The number of hydrogen-bond donors (Lipinski definition) is 3. The number of benzene rings is 1. The topological polar surface area (TPSA) is 151 Å². The van der Waals surface area contributed by atoms with Crippen molar-refractivity contribution in [3.63, 3.8) is 0 Å². The highest BCUT2D eigenvalue weighted by Gasteiger charge is 2.33. The van der Waals surface area contributed by atoms with Crippen LogP contribution < -0.4 is 15.1 Å². The molecule has 1 saturated heterocycles. The van der Waals surface area contributed by atoms with Crippen LogP contribution in [0.4, 0.5) is 5.82 Å². The summed E-state index contributed by atoms with van der Waals surface area (Å²) in [4.78, 5) is 32.8. The highest BCUT2D eigenvalue weighted by atomic mass is 32.2. The zero-order valence-electron chi connectivity index (χ0n) is 18.3. The largest absolute Gasteiger partial charge is 0.448 e. The van der Waals surface area contributed by atoms with Crippen LogP contribution >= 0.6 is 11.8 Å². The van der Waals surface area contributed by atoms with Gasteiger partial charge in [-0.1, -0.05) is 23.9 Å². The van der Waals surface area contributed by atoms with Crippen LogP contribution in [0.15, 0.2) is 41.7 Å². The Morgan fingerprint density at radius 3 is 2.83 bits per heavy atom. The molecule has 2 aliphatic heterocycles. The molecule has 0 spiro atoms. The Balaban J connectivity index is 1.33. The van der Waals surface area contributed by atoms with Crippen molar-refractivity contribution in [2.24, 2.45) is 0 Å². The number of H-pyrrole nitrogens is 1. The minimum Gasteiger partial charge on any atom is -0.448 e. The predicted molar refractivity (Wildman–Crippen MR) is 125 cm³/mol. The van der Waals surface area contributed by atoms with E-state index in [2.05, 4.69) is 25.1 Å². The first-order valence-electron chi connectivity index (χ1n) is 11.0. The minimum absolute atomic E-state index is 0.126. The maximum absolute atomic E-state index is 11.5. The monoisotopic (exact) mass is 492 g/mol. The Bertz CT molecular complexity index is 1390. The number of amides is 1. The molecule has 13 heteroatoms. The van der Waals surface area contributed by atoms with Crippen LogP contribution in [-0.4, -0.2) is 73.0 Å². The zero-order valence-corrected chi connectivity index (χ0v) is 19.2. The molecule has 0 saturated carbocycles. The van der Waals surface area contributed by atoms with E-state index in [1.807, 2.05) is 18.2 Å². The van der Waals surface area contributed by atoms with Crippen molar-refractivity contribution in [1.29, 1.82) is 0 Å². The molecule has 35 heavy (non-hydrogen) atoms. The van der Waals surface area contributed by atoms with Gasteiger partial charge in [-0.05, 0) is 6.07 Å². The lowest BCUT2D eigenvalue weighted by atomic mass is 10.1. The Kier molecular flexibility index (Phi) is 5.64. The van der Waals surface area contributed by atoms with Crippen LogP contribution in [0.2, 0.25) is 0 Å². The molecule has 4 aromatic rings. The molecule has 0 radical (unpaired) electrons. The Morgan fingerprint density at radius 2 is 2.03 bits per heavy atom. The SMILES string of the molecule is O=C(NO)c1cnc(OC2Cc3nc(-c4cccc5[nH]ncc45)nc(N4CCOCC4)c3S2)nc1. The van der Waals surface area contributed by atoms with Crippen molar-refractivity contribution < 1.29 is 19.5 Å². The number of carbonyl (C=O) groups is 1. The maximum Gasteiger partial charge on any atom is 0.317 e. The molecule has 1 unspecified atom stereocenters. The first-order chi connectivity index (χ1) is 17.2. The van der Waals surface area contributed by atoms with E-state index in [0.717, 1.165) is 46.0 Å². The molecule has 3 N–H and O–H groups in total. The normalized spacial score (nSPS) is 17.4. The lowest BCUT2D eigenvalue weighted by molar-refractivity contribution is 0.0705. The number of hydrogen-bond acceptors (Lipinski definition) is 11. The molecule has 0 bridgehead atoms. The summed E-state index contributed by atoms with van der Waals surface area (Å²) in [6, 6.07) is 6.06. The van der Waals surface area contributed by atoms with Gasteiger partial charge in [-0.3, -0.25) is 15.1 Å². The van der Waals surface area contributed by atoms with Gasteiger partial charge in [0.1, 0.15) is 5.82 Å². The number of rotatable bonds is 5. The van der Waals surface area contributed by atoms with Gasteiger partial charge in [0.15, 0.2) is 11.3 Å². The number of carbonyl (C=O) groups excluding carboxylic acids is 1. The fourth-order valence-corrected chi connectivity index (χ4v) is 5.27. The third-order valence-electron chi connectivity index (χ3n) is 5.79. The van der Waals surface area contributed by atoms with Gasteiger partial charge in [0, 0.05) is 42.9 Å². The molecule has 0 aliphatic carbocycles. The smallest absolute Gasteiger partial charge is 0.317 e. The van der Waals surface area contributed by atoms with Crippen molar-refractivity contribution in [1.82, 2.24) is 35.6 Å². The number of fused-ring (bicyclic) bond motifs is 2. The van der Waals surface area contributed by atoms with Gasteiger partial charge in [-0.2, -0.15) is 5.10 Å². The van der Waals surface area contributed by atoms with Crippen molar-refractivity contribution in [2.45, 2.75) is 16.8 Å². The average molecular weight is 493 g/mol. The number of anilines is 1. The lowest BCUT2D eigenvalue weighted by Gasteiger charge is -2.29. The summed E-state index contributed by atoms with van der Waals surface area (Å²) in [5.74, 6) is 0.805. The molecular formula is C22H20N8O4S. The molecule has 1 atom stereocenters. The van der Waals surface area contributed by atoms with Gasteiger partial charge in [0.2, 0.25) is 0 Å². The minimum atomic E-state index is -0.690. The van der Waals surface area contributed by atoms with Crippen LogP contribution in [0.25, 0.3) is 22.3 Å². The number of thioether (sulfide) groups is 1. The number of morpholine rings is 1. The fourth-order valence-electron chi connectivity index (χ4n) is 4.09. The van der Waals surface area contributed by atoms with Crippen LogP contribution in [0.5, 0.6) is 6.01 Å². The quantitative estimate of drug-likeness (QED) is 0.276. The molecule has 2 aliphatic rings. The second-order valence-corrected chi connectivity index (χ2v) is 9.12. The van der Waals surface area contributed by atoms with E-state index in [4.69, 9.17) is 24.6 Å². The van der Waals surface area contributed by atoms with Gasteiger partial charge in [-0.25, -0.2) is 25.4 Å². The first-order valence-corrected chi connectivity index (χ1v) is 11.8. The van der Waals surface area contributed by atoms with Gasteiger partial charge in [0.25, 0.3) is 5.91 Å². The molecule has 3 aromatic heterocycles. The summed E-state index contributed by atoms with van der Waals surface area (Å²) in [6.45, 7) is 2.75. The molecule has 1 fully saturated rings. The van der Waals surface area contributed by atoms with E-state index in [0.29, 0.717) is 25.5 Å². The number of aromatic amines is 1. The third-order valence-corrected chi connectivity index (χ3v) is 6.97. The maximum atomic E-state index is 11.5. The van der Waals surface area contributed by atoms with Crippen LogP contribution in [0.1, 0.15) is 16.1 Å². The van der Waals surface area contributed by atoms with Gasteiger partial charge < -0.3 is 14.4 Å². The van der Waals surface area contributed by atoms with Gasteiger partial charge in [-0.15, -0.1) is 0 Å². The van der Waals surface area contributed by atoms with Gasteiger partial charge in [0.05, 0.1) is 41.1 Å². The van der Waals surface area contributed by atoms with E-state index in [1.165, 1.54) is 24.2 Å². The van der Waals surface area contributed by atoms with Crippen LogP contribution in [0.3, 0.4) is 0 Å². The molecular weight excluding hydrogens is 472 g/mol. The fraction of sp³-hybridized carbons (Fsp3) is 0.273. The van der Waals surface area contributed by atoms with E-state index < -0.39 is 5.91 Å². The average Bonchev–Trinajstić information content (AvgIpc) is 3.55. The number of ether oxygens (including phenoxy) is 2. The number of aromatic nitrogens is 6. The number of hydroxylamine groups is 1. The summed E-state index contributed by atoms with van der Waals surface area (Å²) in [6.07, 6.45) is 4.91. The standard InChI is InChI=1S/C22H20N8O4S/c31-21(29-32)12-9-23-22(24-10-12)34-17-8-16-18(35-17)20(30-4-6-33-7-5-30)27-19(26-16)13-2-1-3-15-14(13)11-25-28-15/h1-3,9-11,17,32H,4-8H2,(H,25,28)(H,29,31). The predicted octanol–water partition coefficient (Wildman–Crippen LogP) is 1.82. The summed E-state index contributed by atoms with van der Waals surface area (Å²) < 4.78 is 11.5. The van der Waals surface area contributed by atoms with E-state index in [-0.39, 0.29) is 17.0 Å². The molecule has 6 rings (SSSR count).